The van der Waals surface area contributed by atoms with Crippen LogP contribution < -0.4 is 14.8 Å². The van der Waals surface area contributed by atoms with Gasteiger partial charge in [0.25, 0.3) is 0 Å². The van der Waals surface area contributed by atoms with Crippen LogP contribution in [0.4, 0.5) is 10.1 Å². The molecule has 1 aromatic heterocycles. The Morgan fingerprint density at radius 1 is 1.11 bits per heavy atom. The van der Waals surface area contributed by atoms with Crippen molar-refractivity contribution in [2.24, 2.45) is 0 Å². The maximum Gasteiger partial charge on any atom is 0.228 e. The number of hydrogen-bond donors (Lipinski definition) is 1. The van der Waals surface area contributed by atoms with E-state index in [0.29, 0.717) is 36.1 Å². The van der Waals surface area contributed by atoms with Gasteiger partial charge in [-0.15, -0.1) is 0 Å². The number of amides is 1. The molecule has 7 heteroatoms. The van der Waals surface area contributed by atoms with Crippen LogP contribution in [0.15, 0.2) is 42.5 Å². The number of carbonyl (C=O) groups excluding carboxylic acids is 1. The van der Waals surface area contributed by atoms with E-state index in [9.17, 15) is 9.18 Å². The summed E-state index contributed by atoms with van der Waals surface area (Å²) in [6.45, 7) is 4.73. The molecule has 0 atom stereocenters. The van der Waals surface area contributed by atoms with Crippen molar-refractivity contribution >= 4 is 11.6 Å². The van der Waals surface area contributed by atoms with Gasteiger partial charge in [-0.3, -0.25) is 4.79 Å². The Balaban J connectivity index is 1.46. The largest absolute Gasteiger partial charge is 0.486 e. The van der Waals surface area contributed by atoms with Crippen LogP contribution >= 0.6 is 0 Å². The van der Waals surface area contributed by atoms with Crippen LogP contribution in [0.3, 0.4) is 0 Å². The molecule has 0 spiro atoms. The summed E-state index contributed by atoms with van der Waals surface area (Å²) in [6, 6.07) is 11.8. The van der Waals surface area contributed by atoms with E-state index in [1.165, 1.54) is 6.07 Å². The van der Waals surface area contributed by atoms with Crippen LogP contribution in [0.5, 0.6) is 11.5 Å². The lowest BCUT2D eigenvalue weighted by Crippen LogP contribution is -2.17. The summed E-state index contributed by atoms with van der Waals surface area (Å²) in [7, 11) is 0. The molecule has 3 aromatic rings. The maximum atomic E-state index is 14.5. The van der Waals surface area contributed by atoms with Gasteiger partial charge in [-0.1, -0.05) is 6.07 Å². The van der Waals surface area contributed by atoms with Crippen LogP contribution in [0.2, 0.25) is 0 Å². The number of benzene rings is 2. The predicted molar refractivity (Wildman–Crippen MR) is 103 cm³/mol. The summed E-state index contributed by atoms with van der Waals surface area (Å²) >= 11 is 0. The SMILES string of the molecule is Cc1cc(C)n(-c2ccc(NC(=O)Cc3ccc4c(c3)OCCO4)cc2F)n1. The van der Waals surface area contributed by atoms with Crippen molar-refractivity contribution in [2.75, 3.05) is 18.5 Å². The molecule has 1 N–H and O–H groups in total. The molecule has 0 aliphatic carbocycles. The van der Waals surface area contributed by atoms with Crippen molar-refractivity contribution in [3.05, 3.63) is 65.2 Å². The number of nitrogens with zero attached hydrogens (tertiary/aromatic N) is 2. The first kappa shape index (κ1) is 18.0. The molecule has 0 saturated carbocycles. The van der Waals surface area contributed by atoms with E-state index < -0.39 is 5.82 Å². The van der Waals surface area contributed by atoms with E-state index in [-0.39, 0.29) is 12.3 Å². The van der Waals surface area contributed by atoms with Crippen molar-refractivity contribution in [3.63, 3.8) is 0 Å². The molecule has 0 bridgehead atoms. The van der Waals surface area contributed by atoms with Gasteiger partial charge in [0, 0.05) is 11.4 Å². The van der Waals surface area contributed by atoms with Crippen LogP contribution in [-0.2, 0) is 11.2 Å². The minimum Gasteiger partial charge on any atom is -0.486 e. The zero-order valence-corrected chi connectivity index (χ0v) is 15.7. The summed E-state index contributed by atoms with van der Waals surface area (Å²) in [6.07, 6.45) is 0.150. The highest BCUT2D eigenvalue weighted by Crippen LogP contribution is 2.31. The Morgan fingerprint density at radius 3 is 2.61 bits per heavy atom. The first-order chi connectivity index (χ1) is 13.5. The Kier molecular flexibility index (Phi) is 4.73. The lowest BCUT2D eigenvalue weighted by atomic mass is 10.1. The molecule has 1 amide bonds. The van der Waals surface area contributed by atoms with Crippen molar-refractivity contribution < 1.29 is 18.7 Å². The van der Waals surface area contributed by atoms with E-state index in [2.05, 4.69) is 10.4 Å². The van der Waals surface area contributed by atoms with Gasteiger partial charge < -0.3 is 14.8 Å². The zero-order valence-electron chi connectivity index (χ0n) is 15.7. The van der Waals surface area contributed by atoms with Gasteiger partial charge in [0.05, 0.1) is 12.1 Å². The molecule has 144 valence electrons. The van der Waals surface area contributed by atoms with Crippen molar-refractivity contribution in [1.82, 2.24) is 9.78 Å². The number of anilines is 1. The third-order valence-corrected chi connectivity index (χ3v) is 4.44. The summed E-state index contributed by atoms with van der Waals surface area (Å²) in [5.74, 6) is 0.618. The molecule has 0 fully saturated rings. The molecule has 28 heavy (non-hydrogen) atoms. The number of nitrogens with one attached hydrogen (secondary N) is 1. The maximum absolute atomic E-state index is 14.5. The Morgan fingerprint density at radius 2 is 1.89 bits per heavy atom. The van der Waals surface area contributed by atoms with Gasteiger partial charge >= 0.3 is 0 Å². The summed E-state index contributed by atoms with van der Waals surface area (Å²) < 4.78 is 27.1. The molecule has 4 rings (SSSR count). The van der Waals surface area contributed by atoms with E-state index >= 15 is 0 Å². The Bertz CT molecular complexity index is 1050. The molecule has 1 aliphatic rings. The second-order valence-electron chi connectivity index (χ2n) is 6.71. The fraction of sp³-hybridized carbons (Fsp3) is 0.238. The second kappa shape index (κ2) is 7.34. The Labute approximate surface area is 161 Å². The van der Waals surface area contributed by atoms with E-state index in [4.69, 9.17) is 9.47 Å². The normalized spacial score (nSPS) is 12.7. The number of aryl methyl sites for hydroxylation is 2. The monoisotopic (exact) mass is 381 g/mol. The topological polar surface area (TPSA) is 65.4 Å². The van der Waals surface area contributed by atoms with E-state index in [0.717, 1.165) is 17.0 Å². The summed E-state index contributed by atoms with van der Waals surface area (Å²) in [5, 5.41) is 7.02. The Hall–Kier alpha value is -3.35. The van der Waals surface area contributed by atoms with Crippen molar-refractivity contribution in [3.8, 4) is 17.2 Å². The van der Waals surface area contributed by atoms with Gasteiger partial charge in [0.1, 0.15) is 18.9 Å². The number of ether oxygens (including phenoxy) is 2. The van der Waals surface area contributed by atoms with E-state index in [1.807, 2.05) is 26.0 Å². The van der Waals surface area contributed by atoms with E-state index in [1.54, 1.807) is 28.9 Å². The standard InChI is InChI=1S/C21H20FN3O3/c1-13-9-14(2)25(24-13)18-5-4-16(12-17(18)22)23-21(26)11-15-3-6-19-20(10-15)28-8-7-27-19/h3-6,9-10,12H,7-8,11H2,1-2H3,(H,23,26). The minimum atomic E-state index is -0.455. The molecule has 2 heterocycles. The highest BCUT2D eigenvalue weighted by atomic mass is 19.1. The number of aromatic nitrogens is 2. The number of fused-ring (bicyclic) bond motifs is 1. The molecule has 0 unspecified atom stereocenters. The quantitative estimate of drug-likeness (QED) is 0.750. The first-order valence-electron chi connectivity index (χ1n) is 9.01. The number of carbonyl (C=O) groups is 1. The third kappa shape index (κ3) is 3.69. The van der Waals surface area contributed by atoms with Crippen molar-refractivity contribution in [2.45, 2.75) is 20.3 Å². The second-order valence-corrected chi connectivity index (χ2v) is 6.71. The summed E-state index contributed by atoms with van der Waals surface area (Å²) in [5.41, 5.74) is 3.18. The third-order valence-electron chi connectivity index (χ3n) is 4.44. The molecular formula is C21H20FN3O3. The highest BCUT2D eigenvalue weighted by molar-refractivity contribution is 5.92. The molecule has 6 nitrogen and oxygen atoms in total. The molecule has 0 radical (unpaired) electrons. The van der Waals surface area contributed by atoms with Crippen LogP contribution in [0, 0.1) is 19.7 Å². The minimum absolute atomic E-state index is 0.150. The van der Waals surface area contributed by atoms with Gasteiger partial charge in [0.15, 0.2) is 17.3 Å². The van der Waals surface area contributed by atoms with Gasteiger partial charge in [0.2, 0.25) is 5.91 Å². The van der Waals surface area contributed by atoms with Crippen molar-refractivity contribution in [1.29, 1.82) is 0 Å². The molecule has 1 aliphatic heterocycles. The first-order valence-corrected chi connectivity index (χ1v) is 9.01. The average Bonchev–Trinajstić information content (AvgIpc) is 2.99. The van der Waals surface area contributed by atoms with Gasteiger partial charge in [-0.2, -0.15) is 5.10 Å². The molecule has 0 saturated heterocycles. The number of hydrogen-bond acceptors (Lipinski definition) is 4. The van der Waals surface area contributed by atoms with Crippen LogP contribution in [0.1, 0.15) is 17.0 Å². The lowest BCUT2D eigenvalue weighted by Gasteiger charge is -2.18. The average molecular weight is 381 g/mol. The van der Waals surface area contributed by atoms with Crippen LogP contribution in [0.25, 0.3) is 5.69 Å². The van der Waals surface area contributed by atoms with Gasteiger partial charge in [-0.25, -0.2) is 9.07 Å². The number of rotatable bonds is 4. The fourth-order valence-electron chi connectivity index (χ4n) is 3.22. The zero-order chi connectivity index (χ0) is 19.7. The lowest BCUT2D eigenvalue weighted by molar-refractivity contribution is -0.115. The highest BCUT2D eigenvalue weighted by Gasteiger charge is 2.14. The molecular weight excluding hydrogens is 361 g/mol. The number of halogens is 1. The van der Waals surface area contributed by atoms with Gasteiger partial charge in [-0.05, 0) is 55.8 Å². The predicted octanol–water partition coefficient (Wildman–Crippen LogP) is 3.58. The molecule has 2 aromatic carbocycles. The summed E-state index contributed by atoms with van der Waals surface area (Å²) in [4.78, 5) is 12.4. The fourth-order valence-corrected chi connectivity index (χ4v) is 3.22. The van der Waals surface area contributed by atoms with Crippen LogP contribution in [-0.4, -0.2) is 28.9 Å². The smallest absolute Gasteiger partial charge is 0.228 e.